The molecule has 1 unspecified atom stereocenters. The van der Waals surface area contributed by atoms with Gasteiger partial charge in [-0.25, -0.2) is 14.4 Å². The molecule has 1 saturated heterocycles. The Kier molecular flexibility index (Phi) is 7.41. The van der Waals surface area contributed by atoms with Crippen LogP contribution >= 0.6 is 0 Å². The third-order valence-corrected chi connectivity index (χ3v) is 4.83. The number of aliphatic imine (C=N–C) groups is 1. The van der Waals surface area contributed by atoms with Crippen LogP contribution in [0.1, 0.15) is 30.5 Å². The summed E-state index contributed by atoms with van der Waals surface area (Å²) in [6.07, 6.45) is 2.10. The van der Waals surface area contributed by atoms with Crippen LogP contribution in [0.3, 0.4) is 0 Å². The normalized spacial score (nSPS) is 17.3. The quantitative estimate of drug-likeness (QED) is 0.578. The SMILES string of the molecule is CCNC(=NCc1ccc(N2CCOC(C)C2)nc1)NCc1ccc(C)c(F)c1. The molecule has 6 nitrogen and oxygen atoms in total. The van der Waals surface area contributed by atoms with Crippen LogP contribution < -0.4 is 15.5 Å². The average Bonchev–Trinajstić information content (AvgIpc) is 2.73. The number of morpholine rings is 1. The number of nitrogens with zero attached hydrogens (tertiary/aromatic N) is 3. The summed E-state index contributed by atoms with van der Waals surface area (Å²) < 4.78 is 19.3. The van der Waals surface area contributed by atoms with Gasteiger partial charge in [0.1, 0.15) is 11.6 Å². The number of aromatic nitrogens is 1. The van der Waals surface area contributed by atoms with Gasteiger partial charge < -0.3 is 20.3 Å². The molecule has 0 aliphatic carbocycles. The maximum Gasteiger partial charge on any atom is 0.191 e. The number of nitrogens with one attached hydrogen (secondary N) is 2. The summed E-state index contributed by atoms with van der Waals surface area (Å²) in [6, 6.07) is 9.37. The van der Waals surface area contributed by atoms with Gasteiger partial charge in [0.15, 0.2) is 5.96 Å². The average molecular weight is 400 g/mol. The summed E-state index contributed by atoms with van der Waals surface area (Å²) in [6.45, 7) is 10.1. The second-order valence-electron chi connectivity index (χ2n) is 7.28. The maximum atomic E-state index is 13.7. The molecule has 2 N–H and O–H groups in total. The topological polar surface area (TPSA) is 61.8 Å². The number of ether oxygens (including phenoxy) is 1. The largest absolute Gasteiger partial charge is 0.375 e. The van der Waals surface area contributed by atoms with Gasteiger partial charge in [0, 0.05) is 32.4 Å². The van der Waals surface area contributed by atoms with E-state index in [1.165, 1.54) is 0 Å². The van der Waals surface area contributed by atoms with Gasteiger partial charge in [0.05, 0.1) is 19.3 Å². The highest BCUT2D eigenvalue weighted by atomic mass is 19.1. The molecule has 1 aromatic carbocycles. The highest BCUT2D eigenvalue weighted by Gasteiger charge is 2.17. The maximum absolute atomic E-state index is 13.7. The summed E-state index contributed by atoms with van der Waals surface area (Å²) in [7, 11) is 0. The number of rotatable bonds is 6. The second-order valence-corrected chi connectivity index (χ2v) is 7.28. The van der Waals surface area contributed by atoms with Crippen LogP contribution in [0.2, 0.25) is 0 Å². The molecule has 3 rings (SSSR count). The fraction of sp³-hybridized carbons (Fsp3) is 0.455. The fourth-order valence-corrected chi connectivity index (χ4v) is 3.17. The Hall–Kier alpha value is -2.67. The monoisotopic (exact) mass is 399 g/mol. The van der Waals surface area contributed by atoms with E-state index in [1.807, 2.05) is 25.3 Å². The van der Waals surface area contributed by atoms with Gasteiger partial charge in [-0.05, 0) is 49.6 Å². The first kappa shape index (κ1) is 21.0. The van der Waals surface area contributed by atoms with E-state index in [0.717, 1.165) is 43.2 Å². The van der Waals surface area contributed by atoms with Gasteiger partial charge in [0.25, 0.3) is 0 Å². The lowest BCUT2D eigenvalue weighted by Crippen LogP contribution is -2.41. The van der Waals surface area contributed by atoms with E-state index in [1.54, 1.807) is 19.1 Å². The lowest BCUT2D eigenvalue weighted by Gasteiger charge is -2.32. The van der Waals surface area contributed by atoms with Crippen molar-refractivity contribution in [2.45, 2.75) is 40.0 Å². The Labute approximate surface area is 172 Å². The Morgan fingerprint density at radius 2 is 2.10 bits per heavy atom. The number of pyridine rings is 1. The highest BCUT2D eigenvalue weighted by Crippen LogP contribution is 2.15. The predicted molar refractivity (Wildman–Crippen MR) is 115 cm³/mol. The van der Waals surface area contributed by atoms with Gasteiger partial charge in [0.2, 0.25) is 0 Å². The fourth-order valence-electron chi connectivity index (χ4n) is 3.17. The minimum absolute atomic E-state index is 0.188. The molecule has 7 heteroatoms. The van der Waals surface area contributed by atoms with Gasteiger partial charge in [-0.3, -0.25) is 0 Å². The van der Waals surface area contributed by atoms with E-state index in [-0.39, 0.29) is 11.9 Å². The minimum atomic E-state index is -0.188. The molecule has 0 spiro atoms. The molecular weight excluding hydrogens is 369 g/mol. The minimum Gasteiger partial charge on any atom is -0.375 e. The highest BCUT2D eigenvalue weighted by molar-refractivity contribution is 5.79. The third kappa shape index (κ3) is 6.15. The molecule has 2 heterocycles. The Morgan fingerprint density at radius 1 is 1.28 bits per heavy atom. The van der Waals surface area contributed by atoms with Crippen LogP contribution in [0, 0.1) is 12.7 Å². The second kappa shape index (κ2) is 10.2. The van der Waals surface area contributed by atoms with Gasteiger partial charge in [-0.2, -0.15) is 0 Å². The summed E-state index contributed by atoms with van der Waals surface area (Å²) in [5.74, 6) is 1.48. The predicted octanol–water partition coefficient (Wildman–Crippen LogP) is 3.01. The van der Waals surface area contributed by atoms with Gasteiger partial charge in [-0.1, -0.05) is 18.2 Å². The van der Waals surface area contributed by atoms with Crippen molar-refractivity contribution in [3.8, 4) is 0 Å². The molecule has 1 aliphatic heterocycles. The molecule has 1 aliphatic rings. The first-order chi connectivity index (χ1) is 14.0. The molecule has 156 valence electrons. The molecule has 1 fully saturated rings. The van der Waals surface area contributed by atoms with Crippen molar-refractivity contribution in [2.75, 3.05) is 31.1 Å². The van der Waals surface area contributed by atoms with Crippen molar-refractivity contribution in [3.05, 3.63) is 59.0 Å². The number of aryl methyl sites for hydroxylation is 1. The van der Waals surface area contributed by atoms with E-state index in [9.17, 15) is 4.39 Å². The Bertz CT molecular complexity index is 824. The van der Waals surface area contributed by atoms with E-state index in [2.05, 4.69) is 38.5 Å². The van der Waals surface area contributed by atoms with Crippen LogP contribution in [-0.2, 0) is 17.8 Å². The number of halogens is 1. The van der Waals surface area contributed by atoms with Crippen molar-refractivity contribution in [2.24, 2.45) is 4.99 Å². The Morgan fingerprint density at radius 3 is 2.79 bits per heavy atom. The molecule has 1 atom stereocenters. The zero-order valence-electron chi connectivity index (χ0n) is 17.4. The third-order valence-electron chi connectivity index (χ3n) is 4.83. The van der Waals surface area contributed by atoms with E-state index >= 15 is 0 Å². The summed E-state index contributed by atoms with van der Waals surface area (Å²) in [4.78, 5) is 11.5. The van der Waals surface area contributed by atoms with Crippen LogP contribution in [0.25, 0.3) is 0 Å². The van der Waals surface area contributed by atoms with E-state index in [0.29, 0.717) is 24.6 Å². The van der Waals surface area contributed by atoms with Crippen molar-refractivity contribution < 1.29 is 9.13 Å². The molecule has 0 bridgehead atoms. The van der Waals surface area contributed by atoms with E-state index in [4.69, 9.17) is 4.74 Å². The van der Waals surface area contributed by atoms with Crippen molar-refractivity contribution in [1.82, 2.24) is 15.6 Å². The number of guanidine groups is 1. The van der Waals surface area contributed by atoms with Crippen LogP contribution in [0.5, 0.6) is 0 Å². The molecular formula is C22H30FN5O. The summed E-state index contributed by atoms with van der Waals surface area (Å²) in [5, 5.41) is 6.47. The zero-order valence-corrected chi connectivity index (χ0v) is 17.4. The number of hydrogen-bond donors (Lipinski definition) is 2. The van der Waals surface area contributed by atoms with E-state index < -0.39 is 0 Å². The number of hydrogen-bond acceptors (Lipinski definition) is 4. The van der Waals surface area contributed by atoms with Crippen molar-refractivity contribution in [3.63, 3.8) is 0 Å². The smallest absolute Gasteiger partial charge is 0.191 e. The lowest BCUT2D eigenvalue weighted by atomic mass is 10.1. The van der Waals surface area contributed by atoms with Crippen molar-refractivity contribution in [1.29, 1.82) is 0 Å². The van der Waals surface area contributed by atoms with Crippen LogP contribution in [0.15, 0.2) is 41.5 Å². The lowest BCUT2D eigenvalue weighted by molar-refractivity contribution is 0.0529. The molecule has 1 aromatic heterocycles. The molecule has 0 amide bonds. The summed E-state index contributed by atoms with van der Waals surface area (Å²) in [5.41, 5.74) is 2.56. The van der Waals surface area contributed by atoms with Crippen LogP contribution in [0.4, 0.5) is 10.2 Å². The summed E-state index contributed by atoms with van der Waals surface area (Å²) >= 11 is 0. The zero-order chi connectivity index (χ0) is 20.6. The van der Waals surface area contributed by atoms with Gasteiger partial charge >= 0.3 is 0 Å². The number of benzene rings is 1. The first-order valence-electron chi connectivity index (χ1n) is 10.1. The van der Waals surface area contributed by atoms with Crippen LogP contribution in [-0.4, -0.2) is 43.3 Å². The molecule has 0 saturated carbocycles. The molecule has 0 radical (unpaired) electrons. The van der Waals surface area contributed by atoms with Crippen molar-refractivity contribution >= 4 is 11.8 Å². The molecule has 2 aromatic rings. The standard InChI is InChI=1S/C22H30FN5O/c1-4-24-22(26-12-18-6-5-16(2)20(23)11-18)27-14-19-7-8-21(25-13-19)28-9-10-29-17(3)15-28/h5-8,11,13,17H,4,9-10,12,14-15H2,1-3H3,(H2,24,26,27). The molecule has 29 heavy (non-hydrogen) atoms. The number of anilines is 1. The first-order valence-corrected chi connectivity index (χ1v) is 10.1. The Balaban J connectivity index is 1.58. The van der Waals surface area contributed by atoms with Gasteiger partial charge in [-0.15, -0.1) is 0 Å².